The summed E-state index contributed by atoms with van der Waals surface area (Å²) in [5, 5.41) is 7.02. The quantitative estimate of drug-likeness (QED) is 0.316. The molecule has 2 aromatic rings. The Labute approximate surface area is 325 Å². The van der Waals surface area contributed by atoms with Crippen molar-refractivity contribution >= 4 is 44.6 Å². The van der Waals surface area contributed by atoms with Crippen LogP contribution in [0.15, 0.2) is 42.6 Å². The number of rotatable bonds is 9. The van der Waals surface area contributed by atoms with E-state index in [1.54, 1.807) is 13.0 Å². The first kappa shape index (κ1) is 39.7. The molecule has 5 aliphatic rings. The Bertz CT molecular complexity index is 2020. The van der Waals surface area contributed by atoms with Crippen molar-refractivity contribution in [3.8, 4) is 11.6 Å². The van der Waals surface area contributed by atoms with Crippen LogP contribution < -0.4 is 24.8 Å². The molecule has 3 N–H and O–H groups in total. The lowest BCUT2D eigenvalue weighted by Gasteiger charge is -2.38. The summed E-state index contributed by atoms with van der Waals surface area (Å²) in [6.07, 6.45) is 5.83. The number of nitrogens with zero attached hydrogens (tertiary/aromatic N) is 2. The fourth-order valence-electron chi connectivity index (χ4n) is 8.13. The minimum Gasteiger partial charge on any atom is -0.494 e. The van der Waals surface area contributed by atoms with Gasteiger partial charge in [0.1, 0.15) is 40.9 Å². The van der Waals surface area contributed by atoms with Crippen LogP contribution in [0.5, 0.6) is 11.6 Å². The zero-order chi connectivity index (χ0) is 40.0. The molecule has 7 rings (SSSR count). The number of alkyl carbamates (subject to hydrolysis) is 1. The van der Waals surface area contributed by atoms with Gasteiger partial charge in [0, 0.05) is 23.1 Å². The van der Waals surface area contributed by atoms with E-state index in [9.17, 15) is 32.0 Å². The fourth-order valence-corrected chi connectivity index (χ4v) is 9.56. The van der Waals surface area contributed by atoms with Gasteiger partial charge in [-0.1, -0.05) is 44.2 Å². The Balaban J connectivity index is 1.22. The predicted octanol–water partition coefficient (Wildman–Crippen LogP) is 3.31. The van der Waals surface area contributed by atoms with Gasteiger partial charge in [0.2, 0.25) is 27.7 Å². The number of aromatic nitrogens is 1. The van der Waals surface area contributed by atoms with E-state index in [1.165, 1.54) is 18.2 Å². The lowest BCUT2D eigenvalue weighted by Crippen LogP contribution is -2.60. The number of allylic oxidation sites excluding steroid dienone is 1. The molecule has 56 heavy (non-hydrogen) atoms. The topological polar surface area (TPSA) is 192 Å². The number of hydrogen-bond acceptors (Lipinski definition) is 11. The lowest BCUT2D eigenvalue weighted by molar-refractivity contribution is -0.168. The Morgan fingerprint density at radius 2 is 1.86 bits per heavy atom. The molecule has 7 atom stereocenters. The highest BCUT2D eigenvalue weighted by atomic mass is 32.2. The van der Waals surface area contributed by atoms with E-state index >= 15 is 0 Å². The van der Waals surface area contributed by atoms with E-state index in [0.717, 1.165) is 11.8 Å². The Kier molecular flexibility index (Phi) is 10.7. The Hall–Kier alpha value is -4.51. The summed E-state index contributed by atoms with van der Waals surface area (Å²) >= 11 is 0. The number of carbonyl (C=O) groups excluding carboxylic acids is 4. The maximum Gasteiger partial charge on any atom is 0.408 e. The maximum atomic E-state index is 14.8. The SMILES string of the molecule is COc1cnc(OC2CC3C(=O)NC4(C(=O)NS(=O)(=O)C5(CF)CC5)CC4C=CCCC(C)CC(C)C(NC(=O)OC4(C)COC4)C(=O)N3C2)c2ccccc12. The number of fused-ring (bicyclic) bond motifs is 3. The second kappa shape index (κ2) is 15.1. The highest BCUT2D eigenvalue weighted by Crippen LogP contribution is 2.48. The third kappa shape index (κ3) is 7.63. The summed E-state index contributed by atoms with van der Waals surface area (Å²) < 4.78 is 63.5. The molecule has 2 aliphatic carbocycles. The second-order valence-electron chi connectivity index (χ2n) is 16.5. The van der Waals surface area contributed by atoms with Crippen molar-refractivity contribution in [2.45, 2.75) is 99.8 Å². The fraction of sp³-hybridized carbons (Fsp3) is 0.615. The largest absolute Gasteiger partial charge is 0.494 e. The zero-order valence-corrected chi connectivity index (χ0v) is 32.9. The van der Waals surface area contributed by atoms with Gasteiger partial charge in [0.25, 0.3) is 5.91 Å². The van der Waals surface area contributed by atoms with Crippen LogP contribution in [0.25, 0.3) is 10.8 Å². The van der Waals surface area contributed by atoms with Gasteiger partial charge in [0.15, 0.2) is 5.60 Å². The Morgan fingerprint density at radius 1 is 1.12 bits per heavy atom. The monoisotopic (exact) mass is 799 g/mol. The minimum atomic E-state index is -4.39. The standard InChI is InChI=1S/C39H50FN5O10S/c1-23-9-5-6-10-25-17-39(25,35(48)44-56(50,51)38(20-40)13-14-38)43-32(46)29-16-26(54-33-28-12-8-7-11-27(28)30(52-4)18-41-33)19-45(29)34(47)31(24(2)15-23)42-36(49)55-37(3)21-53-22-37/h6-8,10-12,18,23-26,29,31H,5,9,13-17,19-22H2,1-4H3,(H,42,49)(H,43,46)(H,44,48). The average molecular weight is 800 g/mol. The van der Waals surface area contributed by atoms with E-state index in [0.29, 0.717) is 24.0 Å². The van der Waals surface area contributed by atoms with Crippen LogP contribution in [-0.4, -0.2) is 110 Å². The van der Waals surface area contributed by atoms with Gasteiger partial charge in [-0.3, -0.25) is 19.1 Å². The molecule has 2 saturated carbocycles. The van der Waals surface area contributed by atoms with E-state index in [-0.39, 0.29) is 63.2 Å². The second-order valence-corrected chi connectivity index (χ2v) is 18.5. The van der Waals surface area contributed by atoms with Crippen LogP contribution >= 0.6 is 0 Å². The van der Waals surface area contributed by atoms with E-state index < -0.39 is 80.5 Å². The van der Waals surface area contributed by atoms with Crippen molar-refractivity contribution in [3.63, 3.8) is 0 Å². The third-order valence-corrected chi connectivity index (χ3v) is 14.0. The smallest absolute Gasteiger partial charge is 0.408 e. The number of nitrogens with one attached hydrogen (secondary N) is 3. The highest BCUT2D eigenvalue weighted by Gasteiger charge is 2.64. The normalized spacial score (nSPS) is 31.0. The molecule has 7 unspecified atom stereocenters. The summed E-state index contributed by atoms with van der Waals surface area (Å²) in [5.74, 6) is -2.24. The molecule has 2 saturated heterocycles. The van der Waals surface area contributed by atoms with Crippen molar-refractivity contribution in [2.24, 2.45) is 17.8 Å². The van der Waals surface area contributed by atoms with Gasteiger partial charge in [-0.2, -0.15) is 0 Å². The van der Waals surface area contributed by atoms with Crippen LogP contribution in [0.4, 0.5) is 9.18 Å². The van der Waals surface area contributed by atoms with Gasteiger partial charge in [-0.25, -0.2) is 22.6 Å². The molecule has 0 radical (unpaired) electrons. The summed E-state index contributed by atoms with van der Waals surface area (Å²) in [5.41, 5.74) is -2.50. The number of alkyl halides is 1. The molecular formula is C39H50FN5O10S. The average Bonchev–Trinajstić information content (AvgIpc) is 4.06. The number of hydrogen-bond donors (Lipinski definition) is 3. The number of pyridine rings is 1. The number of ether oxygens (including phenoxy) is 4. The molecule has 1 aromatic carbocycles. The zero-order valence-electron chi connectivity index (χ0n) is 32.0. The number of methoxy groups -OCH3 is 1. The summed E-state index contributed by atoms with van der Waals surface area (Å²) in [6, 6.07) is 5.05. The van der Waals surface area contributed by atoms with Gasteiger partial charge in [-0.05, 0) is 63.4 Å². The molecule has 4 heterocycles. The van der Waals surface area contributed by atoms with Crippen molar-refractivity contribution in [1.29, 1.82) is 0 Å². The molecule has 1 aromatic heterocycles. The van der Waals surface area contributed by atoms with Gasteiger partial charge >= 0.3 is 6.09 Å². The highest BCUT2D eigenvalue weighted by molar-refractivity contribution is 7.91. The first-order chi connectivity index (χ1) is 26.6. The predicted molar refractivity (Wildman–Crippen MR) is 201 cm³/mol. The summed E-state index contributed by atoms with van der Waals surface area (Å²) in [7, 11) is -2.85. The molecule has 3 aliphatic heterocycles. The van der Waals surface area contributed by atoms with Crippen molar-refractivity contribution in [2.75, 3.05) is 33.5 Å². The number of benzene rings is 1. The van der Waals surface area contributed by atoms with E-state index in [2.05, 4.69) is 20.3 Å². The van der Waals surface area contributed by atoms with Crippen LogP contribution in [0, 0.1) is 17.8 Å². The van der Waals surface area contributed by atoms with Crippen molar-refractivity contribution in [1.82, 2.24) is 25.2 Å². The molecular weight excluding hydrogens is 750 g/mol. The first-order valence-electron chi connectivity index (χ1n) is 19.2. The first-order valence-corrected chi connectivity index (χ1v) is 20.7. The molecule has 304 valence electrons. The number of sulfonamides is 1. The molecule has 4 amide bonds. The van der Waals surface area contributed by atoms with Crippen molar-refractivity contribution in [3.05, 3.63) is 42.6 Å². The molecule has 0 bridgehead atoms. The minimum absolute atomic E-state index is 0.0154. The summed E-state index contributed by atoms with van der Waals surface area (Å²) in [6.45, 7) is 4.87. The van der Waals surface area contributed by atoms with Gasteiger partial charge in [0.05, 0.1) is 33.1 Å². The van der Waals surface area contributed by atoms with Crippen LogP contribution in [-0.2, 0) is 33.9 Å². The van der Waals surface area contributed by atoms with Crippen molar-refractivity contribution < 1.29 is 50.9 Å². The number of carbonyl (C=O) groups is 4. The number of halogens is 1. The Morgan fingerprint density at radius 3 is 2.52 bits per heavy atom. The van der Waals surface area contributed by atoms with Crippen LogP contribution in [0.3, 0.4) is 0 Å². The molecule has 17 heteroatoms. The number of amides is 4. The van der Waals surface area contributed by atoms with E-state index in [4.69, 9.17) is 18.9 Å². The van der Waals surface area contributed by atoms with Crippen LogP contribution in [0.2, 0.25) is 0 Å². The maximum absolute atomic E-state index is 14.8. The molecule has 4 fully saturated rings. The third-order valence-electron chi connectivity index (χ3n) is 11.9. The van der Waals surface area contributed by atoms with Gasteiger partial charge < -0.3 is 34.5 Å². The molecule has 0 spiro atoms. The molecule has 15 nitrogen and oxygen atoms in total. The van der Waals surface area contributed by atoms with E-state index in [1.807, 2.05) is 44.2 Å². The summed E-state index contributed by atoms with van der Waals surface area (Å²) in [4.78, 5) is 62.4. The van der Waals surface area contributed by atoms with Crippen LogP contribution in [0.1, 0.15) is 65.7 Å². The lowest BCUT2D eigenvalue weighted by atomic mass is 9.88. The van der Waals surface area contributed by atoms with Gasteiger partial charge in [-0.15, -0.1) is 0 Å².